The van der Waals surface area contributed by atoms with Crippen LogP contribution in [0.3, 0.4) is 0 Å². The Kier molecular flexibility index (Phi) is 3.24. The van der Waals surface area contributed by atoms with Gasteiger partial charge in [-0.1, -0.05) is 41.7 Å². The van der Waals surface area contributed by atoms with E-state index in [2.05, 4.69) is 64.4 Å². The predicted octanol–water partition coefficient (Wildman–Crippen LogP) is 3.62. The molecule has 1 fully saturated rings. The van der Waals surface area contributed by atoms with Crippen molar-refractivity contribution < 1.29 is 0 Å². The molecule has 2 aromatic carbocycles. The molecule has 4 rings (SSSR count). The van der Waals surface area contributed by atoms with Crippen LogP contribution in [0.15, 0.2) is 54.6 Å². The first-order chi connectivity index (χ1) is 10.4. The molecule has 0 atom stereocenters. The van der Waals surface area contributed by atoms with Crippen LogP contribution in [0.1, 0.15) is 0 Å². The minimum atomic E-state index is 1.04. The van der Waals surface area contributed by atoms with Gasteiger partial charge in [-0.3, -0.25) is 0 Å². The van der Waals surface area contributed by atoms with Crippen LogP contribution in [0.4, 0.5) is 10.8 Å². The topological polar surface area (TPSA) is 19.4 Å². The second-order valence-electron chi connectivity index (χ2n) is 5.27. The molecule has 2 heterocycles. The first kappa shape index (κ1) is 12.7. The number of rotatable bonds is 2. The Morgan fingerprint density at radius 3 is 2.19 bits per heavy atom. The summed E-state index contributed by atoms with van der Waals surface area (Å²) in [5.41, 5.74) is 2.43. The number of anilines is 2. The van der Waals surface area contributed by atoms with Crippen molar-refractivity contribution in [3.63, 3.8) is 0 Å². The largest absolute Gasteiger partial charge is 0.368 e. The Bertz CT molecular complexity index is 697. The van der Waals surface area contributed by atoms with Crippen molar-refractivity contribution in [2.45, 2.75) is 0 Å². The summed E-state index contributed by atoms with van der Waals surface area (Å²) in [4.78, 5) is 9.62. The quantitative estimate of drug-likeness (QED) is 0.720. The molecule has 1 saturated heterocycles. The molecule has 0 bridgehead atoms. The minimum Gasteiger partial charge on any atom is -0.368 e. The fraction of sp³-hybridized carbons (Fsp3) is 0.235. The molecule has 0 N–H and O–H groups in total. The highest BCUT2D eigenvalue weighted by Gasteiger charge is 2.19. The number of fused-ring (bicyclic) bond motifs is 1. The molecule has 0 unspecified atom stereocenters. The highest BCUT2D eigenvalue weighted by molar-refractivity contribution is 7.22. The predicted molar refractivity (Wildman–Crippen MR) is 90.5 cm³/mol. The van der Waals surface area contributed by atoms with Gasteiger partial charge >= 0.3 is 0 Å². The smallest absolute Gasteiger partial charge is 0.186 e. The number of benzene rings is 2. The van der Waals surface area contributed by atoms with Crippen molar-refractivity contribution in [1.29, 1.82) is 0 Å². The van der Waals surface area contributed by atoms with Crippen LogP contribution in [-0.2, 0) is 0 Å². The Labute approximate surface area is 128 Å². The summed E-state index contributed by atoms with van der Waals surface area (Å²) in [7, 11) is 0. The third-order valence-corrected chi connectivity index (χ3v) is 5.05. The van der Waals surface area contributed by atoms with Gasteiger partial charge in [0.15, 0.2) is 5.13 Å². The van der Waals surface area contributed by atoms with Crippen LogP contribution in [0.5, 0.6) is 0 Å². The van der Waals surface area contributed by atoms with Crippen LogP contribution >= 0.6 is 11.3 Å². The number of nitrogens with zero attached hydrogens (tertiary/aromatic N) is 3. The minimum absolute atomic E-state index is 1.04. The van der Waals surface area contributed by atoms with Crippen LogP contribution in [0, 0.1) is 0 Å². The standard InChI is InChI=1S/C17H17N3S/c1-2-6-14(7-3-1)19-10-12-20(13-11-19)17-18-15-8-4-5-9-16(15)21-17/h1-9H,10-13H2. The second-order valence-corrected chi connectivity index (χ2v) is 6.28. The number of hydrogen-bond acceptors (Lipinski definition) is 4. The van der Waals surface area contributed by atoms with Crippen molar-refractivity contribution >= 4 is 32.4 Å². The summed E-state index contributed by atoms with van der Waals surface area (Å²) in [6, 6.07) is 19.0. The van der Waals surface area contributed by atoms with E-state index in [9.17, 15) is 0 Å². The number of thiazole rings is 1. The van der Waals surface area contributed by atoms with Crippen LogP contribution in [0.2, 0.25) is 0 Å². The van der Waals surface area contributed by atoms with Crippen LogP contribution in [0.25, 0.3) is 10.2 Å². The summed E-state index contributed by atoms with van der Waals surface area (Å²) in [6.45, 7) is 4.18. The molecule has 0 saturated carbocycles. The van der Waals surface area contributed by atoms with E-state index in [0.29, 0.717) is 0 Å². The van der Waals surface area contributed by atoms with Gasteiger partial charge < -0.3 is 9.80 Å². The number of hydrogen-bond donors (Lipinski definition) is 0. The summed E-state index contributed by atoms with van der Waals surface area (Å²) in [5.74, 6) is 0. The van der Waals surface area contributed by atoms with Gasteiger partial charge in [-0.25, -0.2) is 4.98 Å². The summed E-state index contributed by atoms with van der Waals surface area (Å²) >= 11 is 1.80. The highest BCUT2D eigenvalue weighted by Crippen LogP contribution is 2.29. The van der Waals surface area contributed by atoms with Crippen LogP contribution in [-0.4, -0.2) is 31.2 Å². The van der Waals surface area contributed by atoms with E-state index in [-0.39, 0.29) is 0 Å². The third-order valence-electron chi connectivity index (χ3n) is 3.95. The van der Waals surface area contributed by atoms with Crippen molar-refractivity contribution in [3.8, 4) is 0 Å². The lowest BCUT2D eigenvalue weighted by atomic mass is 10.2. The summed E-state index contributed by atoms with van der Waals surface area (Å²) in [5, 5.41) is 1.16. The zero-order chi connectivity index (χ0) is 14.1. The number of piperazine rings is 1. The number of aromatic nitrogens is 1. The Balaban J connectivity index is 1.50. The average molecular weight is 295 g/mol. The second kappa shape index (κ2) is 5.37. The lowest BCUT2D eigenvalue weighted by Gasteiger charge is -2.35. The van der Waals surface area contributed by atoms with E-state index in [4.69, 9.17) is 4.98 Å². The zero-order valence-corrected chi connectivity index (χ0v) is 12.6. The van der Waals surface area contributed by atoms with E-state index in [1.165, 1.54) is 10.4 Å². The number of para-hydroxylation sites is 2. The molecule has 0 spiro atoms. The van der Waals surface area contributed by atoms with E-state index in [0.717, 1.165) is 36.8 Å². The van der Waals surface area contributed by atoms with Gasteiger partial charge in [-0.05, 0) is 24.3 Å². The summed E-state index contributed by atoms with van der Waals surface area (Å²) in [6.07, 6.45) is 0. The van der Waals surface area contributed by atoms with Crippen molar-refractivity contribution in [2.75, 3.05) is 36.0 Å². The first-order valence-corrected chi connectivity index (χ1v) is 8.12. The van der Waals surface area contributed by atoms with Gasteiger partial charge in [-0.2, -0.15) is 0 Å². The van der Waals surface area contributed by atoms with Gasteiger partial charge in [-0.15, -0.1) is 0 Å². The average Bonchev–Trinajstić information content (AvgIpc) is 3.00. The van der Waals surface area contributed by atoms with Crippen molar-refractivity contribution in [3.05, 3.63) is 54.6 Å². The Hall–Kier alpha value is -2.07. The van der Waals surface area contributed by atoms with E-state index in [1.807, 2.05) is 0 Å². The Morgan fingerprint density at radius 2 is 1.43 bits per heavy atom. The maximum Gasteiger partial charge on any atom is 0.186 e. The summed E-state index contributed by atoms with van der Waals surface area (Å²) < 4.78 is 1.28. The van der Waals surface area contributed by atoms with E-state index >= 15 is 0 Å². The van der Waals surface area contributed by atoms with Crippen molar-refractivity contribution in [2.24, 2.45) is 0 Å². The molecule has 1 aromatic heterocycles. The molecule has 0 radical (unpaired) electrons. The van der Waals surface area contributed by atoms with Gasteiger partial charge in [0.2, 0.25) is 0 Å². The maximum absolute atomic E-state index is 4.76. The molecule has 3 nitrogen and oxygen atoms in total. The van der Waals surface area contributed by atoms with Crippen molar-refractivity contribution in [1.82, 2.24) is 4.98 Å². The molecule has 1 aliphatic rings. The monoisotopic (exact) mass is 295 g/mol. The molecule has 0 aliphatic carbocycles. The fourth-order valence-corrected chi connectivity index (χ4v) is 3.81. The normalized spacial score (nSPS) is 15.6. The maximum atomic E-state index is 4.76. The molecule has 106 valence electrons. The molecule has 1 aliphatic heterocycles. The van der Waals surface area contributed by atoms with Gasteiger partial charge in [0.25, 0.3) is 0 Å². The SMILES string of the molecule is c1ccc(N2CCN(c3nc4ccccc4s3)CC2)cc1. The van der Waals surface area contributed by atoms with Crippen LogP contribution < -0.4 is 9.80 Å². The zero-order valence-electron chi connectivity index (χ0n) is 11.8. The molecule has 0 amide bonds. The lowest BCUT2D eigenvalue weighted by molar-refractivity contribution is 0.652. The molecular weight excluding hydrogens is 278 g/mol. The lowest BCUT2D eigenvalue weighted by Crippen LogP contribution is -2.46. The van der Waals surface area contributed by atoms with Gasteiger partial charge in [0, 0.05) is 31.9 Å². The van der Waals surface area contributed by atoms with Gasteiger partial charge in [0.1, 0.15) is 0 Å². The molecule has 3 aromatic rings. The Morgan fingerprint density at radius 1 is 0.762 bits per heavy atom. The van der Waals surface area contributed by atoms with Gasteiger partial charge in [0.05, 0.1) is 10.2 Å². The third kappa shape index (κ3) is 2.47. The van der Waals surface area contributed by atoms with E-state index in [1.54, 1.807) is 11.3 Å². The van der Waals surface area contributed by atoms with E-state index < -0.39 is 0 Å². The first-order valence-electron chi connectivity index (χ1n) is 7.31. The highest BCUT2D eigenvalue weighted by atomic mass is 32.1. The molecule has 4 heteroatoms. The molecular formula is C17H17N3S. The molecule has 21 heavy (non-hydrogen) atoms. The fourth-order valence-electron chi connectivity index (χ4n) is 2.79.